The molecule has 1 heterocycles. The van der Waals surface area contributed by atoms with Gasteiger partial charge in [0, 0.05) is 18.0 Å². The van der Waals surface area contributed by atoms with Crippen molar-refractivity contribution in [3.05, 3.63) is 60.4 Å². The topological polar surface area (TPSA) is 49.6 Å². The molecule has 3 heteroatoms. The van der Waals surface area contributed by atoms with Crippen LogP contribution in [0.1, 0.15) is 30.4 Å². The maximum absolute atomic E-state index is 8.77. The molecule has 2 rings (SSSR count). The molecular weight excluding hydrogens is 246 g/mol. The van der Waals surface area contributed by atoms with Crippen LogP contribution in [0, 0.1) is 11.3 Å². The van der Waals surface area contributed by atoms with E-state index in [9.17, 15) is 0 Å². The molecular formula is C17H17N3. The van der Waals surface area contributed by atoms with Gasteiger partial charge in [-0.05, 0) is 55.5 Å². The first-order valence-electron chi connectivity index (χ1n) is 6.76. The van der Waals surface area contributed by atoms with Crippen LogP contribution in [0.5, 0.6) is 0 Å². The van der Waals surface area contributed by atoms with E-state index >= 15 is 0 Å². The van der Waals surface area contributed by atoms with Gasteiger partial charge in [0.1, 0.15) is 0 Å². The average Bonchev–Trinajstić information content (AvgIpc) is 2.52. The molecule has 2 aromatic rings. The minimum Gasteiger partial charge on any atom is -0.236 e. The summed E-state index contributed by atoms with van der Waals surface area (Å²) in [5.74, 6) is 0.698. The summed E-state index contributed by atoms with van der Waals surface area (Å²) >= 11 is 0. The second-order valence-corrected chi connectivity index (χ2v) is 4.64. The molecule has 20 heavy (non-hydrogen) atoms. The largest absolute Gasteiger partial charge is 0.236 e. The minimum atomic E-state index is 0.646. The first-order chi connectivity index (χ1) is 9.83. The molecule has 0 aliphatic carbocycles. The molecule has 0 amide bonds. The average molecular weight is 263 g/mol. The van der Waals surface area contributed by atoms with Gasteiger partial charge in [0.05, 0.1) is 11.6 Å². The highest BCUT2D eigenvalue weighted by atomic mass is 14.9. The fraction of sp³-hybridized carbons (Fsp3) is 0.235. The highest BCUT2D eigenvalue weighted by Gasteiger charge is 2.02. The van der Waals surface area contributed by atoms with Crippen molar-refractivity contribution >= 4 is 0 Å². The first-order valence-corrected chi connectivity index (χ1v) is 6.76. The molecule has 0 aliphatic heterocycles. The lowest BCUT2D eigenvalue weighted by atomic mass is 10.1. The maximum Gasteiger partial charge on any atom is 0.159 e. The lowest BCUT2D eigenvalue weighted by Gasteiger charge is -2.03. The van der Waals surface area contributed by atoms with Gasteiger partial charge >= 0.3 is 0 Å². The molecule has 1 aromatic heterocycles. The predicted molar refractivity (Wildman–Crippen MR) is 79.9 cm³/mol. The third kappa shape index (κ3) is 3.76. The zero-order valence-electron chi connectivity index (χ0n) is 11.4. The second kappa shape index (κ2) is 7.20. The molecule has 3 nitrogen and oxygen atoms in total. The van der Waals surface area contributed by atoms with E-state index in [4.69, 9.17) is 5.26 Å². The summed E-state index contributed by atoms with van der Waals surface area (Å²) in [6.45, 7) is 3.72. The number of rotatable bonds is 6. The van der Waals surface area contributed by atoms with Gasteiger partial charge in [-0.15, -0.1) is 6.58 Å². The van der Waals surface area contributed by atoms with Crippen LogP contribution in [0.25, 0.3) is 11.4 Å². The fourth-order valence-corrected chi connectivity index (χ4v) is 1.94. The fourth-order valence-electron chi connectivity index (χ4n) is 1.94. The predicted octanol–water partition coefficient (Wildman–Crippen LogP) is 3.91. The highest BCUT2D eigenvalue weighted by molar-refractivity contribution is 5.56. The number of hydrogen-bond acceptors (Lipinski definition) is 3. The zero-order valence-corrected chi connectivity index (χ0v) is 11.4. The van der Waals surface area contributed by atoms with Crippen molar-refractivity contribution in [2.45, 2.75) is 25.7 Å². The van der Waals surface area contributed by atoms with Crippen LogP contribution in [-0.4, -0.2) is 9.97 Å². The smallest absolute Gasteiger partial charge is 0.159 e. The Balaban J connectivity index is 2.00. The Hall–Kier alpha value is -2.47. The van der Waals surface area contributed by atoms with E-state index in [0.717, 1.165) is 36.8 Å². The number of hydrogen-bond donors (Lipinski definition) is 0. The van der Waals surface area contributed by atoms with Gasteiger partial charge in [-0.2, -0.15) is 5.26 Å². The molecule has 0 saturated heterocycles. The Labute approximate surface area is 119 Å². The van der Waals surface area contributed by atoms with Crippen LogP contribution >= 0.6 is 0 Å². The lowest BCUT2D eigenvalue weighted by Crippen LogP contribution is -1.93. The van der Waals surface area contributed by atoms with Gasteiger partial charge in [0.15, 0.2) is 5.82 Å². The van der Waals surface area contributed by atoms with E-state index in [1.807, 2.05) is 30.6 Å². The molecule has 0 fully saturated rings. The van der Waals surface area contributed by atoms with Crippen LogP contribution in [0.15, 0.2) is 49.3 Å². The van der Waals surface area contributed by atoms with Crippen molar-refractivity contribution in [2.75, 3.05) is 0 Å². The third-order valence-electron chi connectivity index (χ3n) is 3.10. The van der Waals surface area contributed by atoms with E-state index < -0.39 is 0 Å². The number of unbranched alkanes of at least 4 members (excludes halogenated alkanes) is 2. The highest BCUT2D eigenvalue weighted by Crippen LogP contribution is 2.15. The second-order valence-electron chi connectivity index (χ2n) is 4.64. The van der Waals surface area contributed by atoms with Crippen molar-refractivity contribution in [1.82, 2.24) is 9.97 Å². The molecule has 100 valence electrons. The summed E-state index contributed by atoms with van der Waals surface area (Å²) in [5.41, 5.74) is 2.74. The van der Waals surface area contributed by atoms with Gasteiger partial charge in [-0.3, -0.25) is 0 Å². The quantitative estimate of drug-likeness (QED) is 0.586. The Morgan fingerprint density at radius 2 is 1.80 bits per heavy atom. The summed E-state index contributed by atoms with van der Waals surface area (Å²) in [6, 6.07) is 9.41. The number of allylic oxidation sites excluding steroid dienone is 1. The number of benzene rings is 1. The first kappa shape index (κ1) is 14.0. The molecule has 0 atom stereocenters. The lowest BCUT2D eigenvalue weighted by molar-refractivity contribution is 0.744. The van der Waals surface area contributed by atoms with Crippen LogP contribution in [0.2, 0.25) is 0 Å². The molecule has 0 spiro atoms. The molecule has 0 N–H and O–H groups in total. The monoisotopic (exact) mass is 263 g/mol. The van der Waals surface area contributed by atoms with E-state index in [-0.39, 0.29) is 0 Å². The Bertz CT molecular complexity index is 592. The molecule has 0 bridgehead atoms. The minimum absolute atomic E-state index is 0.646. The SMILES string of the molecule is C=CCCCCc1cnc(-c2ccc(C#N)cc2)nc1. The van der Waals surface area contributed by atoms with Crippen LogP contribution in [-0.2, 0) is 6.42 Å². The molecule has 0 saturated carbocycles. The Morgan fingerprint density at radius 3 is 2.40 bits per heavy atom. The standard InChI is InChI=1S/C17H17N3/c1-2-3-4-5-6-15-12-19-17(20-13-15)16-9-7-14(11-18)8-10-16/h2,7-10,12-13H,1,3-6H2. The van der Waals surface area contributed by atoms with Gasteiger partial charge in [0.2, 0.25) is 0 Å². The molecule has 0 aliphatic rings. The Morgan fingerprint density at radius 1 is 1.10 bits per heavy atom. The van der Waals surface area contributed by atoms with Gasteiger partial charge in [-0.1, -0.05) is 6.08 Å². The van der Waals surface area contributed by atoms with Crippen molar-refractivity contribution in [3.8, 4) is 17.5 Å². The van der Waals surface area contributed by atoms with Crippen LogP contribution in [0.3, 0.4) is 0 Å². The van der Waals surface area contributed by atoms with Crippen molar-refractivity contribution in [2.24, 2.45) is 0 Å². The normalized spacial score (nSPS) is 9.95. The summed E-state index contributed by atoms with van der Waals surface area (Å²) in [6.07, 6.45) is 10.1. The molecule has 1 aromatic carbocycles. The van der Waals surface area contributed by atoms with Crippen LogP contribution < -0.4 is 0 Å². The van der Waals surface area contributed by atoms with Crippen molar-refractivity contribution in [1.29, 1.82) is 5.26 Å². The van der Waals surface area contributed by atoms with E-state index in [0.29, 0.717) is 11.4 Å². The van der Waals surface area contributed by atoms with Gasteiger partial charge in [-0.25, -0.2) is 9.97 Å². The summed E-state index contributed by atoms with van der Waals surface area (Å²) in [5, 5.41) is 8.77. The van der Waals surface area contributed by atoms with E-state index in [1.165, 1.54) is 0 Å². The summed E-state index contributed by atoms with van der Waals surface area (Å²) in [7, 11) is 0. The summed E-state index contributed by atoms with van der Waals surface area (Å²) < 4.78 is 0. The number of aryl methyl sites for hydroxylation is 1. The van der Waals surface area contributed by atoms with E-state index in [2.05, 4.69) is 22.6 Å². The number of nitriles is 1. The third-order valence-corrected chi connectivity index (χ3v) is 3.10. The zero-order chi connectivity index (χ0) is 14.2. The van der Waals surface area contributed by atoms with E-state index in [1.54, 1.807) is 12.1 Å². The van der Waals surface area contributed by atoms with Crippen LogP contribution in [0.4, 0.5) is 0 Å². The van der Waals surface area contributed by atoms with Gasteiger partial charge in [0.25, 0.3) is 0 Å². The molecule has 0 radical (unpaired) electrons. The number of aromatic nitrogens is 2. The van der Waals surface area contributed by atoms with Crippen molar-refractivity contribution in [3.63, 3.8) is 0 Å². The van der Waals surface area contributed by atoms with Crippen molar-refractivity contribution < 1.29 is 0 Å². The number of nitrogens with zero attached hydrogens (tertiary/aromatic N) is 3. The Kier molecular flexibility index (Phi) is 5.02. The van der Waals surface area contributed by atoms with Gasteiger partial charge < -0.3 is 0 Å². The maximum atomic E-state index is 8.77. The molecule has 0 unspecified atom stereocenters. The summed E-state index contributed by atoms with van der Waals surface area (Å²) in [4.78, 5) is 8.78.